The van der Waals surface area contributed by atoms with Crippen LogP contribution >= 0.6 is 0 Å². The van der Waals surface area contributed by atoms with Crippen molar-refractivity contribution in [3.05, 3.63) is 23.8 Å². The number of nitriles is 1. The summed E-state index contributed by atoms with van der Waals surface area (Å²) < 4.78 is 0. The highest BCUT2D eigenvalue weighted by atomic mass is 16.2. The minimum absolute atomic E-state index is 0.00207. The maximum absolute atomic E-state index is 12.2. The van der Waals surface area contributed by atoms with Gasteiger partial charge in [0.05, 0.1) is 12.6 Å². The first-order valence-corrected chi connectivity index (χ1v) is 8.46. The maximum atomic E-state index is 12.2. The topological polar surface area (TPSA) is 94.0 Å². The lowest BCUT2D eigenvalue weighted by atomic mass is 9.90. The SMILES string of the molecule is Cc1ccc(NC(=O)C(C)C)cc1NCC(=O)NC(C)(C#N)C(C)C. The van der Waals surface area contributed by atoms with Crippen LogP contribution in [0.2, 0.25) is 0 Å². The number of amides is 2. The van der Waals surface area contributed by atoms with Gasteiger partial charge in [-0.25, -0.2) is 0 Å². The average molecular weight is 344 g/mol. The summed E-state index contributed by atoms with van der Waals surface area (Å²) in [4.78, 5) is 24.0. The van der Waals surface area contributed by atoms with E-state index in [2.05, 4.69) is 22.0 Å². The number of benzene rings is 1. The third kappa shape index (κ3) is 5.79. The van der Waals surface area contributed by atoms with Gasteiger partial charge >= 0.3 is 0 Å². The Balaban J connectivity index is 2.75. The van der Waals surface area contributed by atoms with Crippen LogP contribution in [0.3, 0.4) is 0 Å². The first-order chi connectivity index (χ1) is 11.6. The zero-order chi connectivity index (χ0) is 19.2. The van der Waals surface area contributed by atoms with Crippen molar-refractivity contribution < 1.29 is 9.59 Å². The van der Waals surface area contributed by atoms with Crippen molar-refractivity contribution in [2.45, 2.75) is 47.1 Å². The van der Waals surface area contributed by atoms with Crippen molar-refractivity contribution in [2.75, 3.05) is 17.2 Å². The second-order valence-corrected chi connectivity index (χ2v) is 7.04. The molecule has 25 heavy (non-hydrogen) atoms. The Labute approximate surface area is 150 Å². The molecule has 0 saturated heterocycles. The third-order valence-electron chi connectivity index (χ3n) is 4.25. The normalized spacial score (nSPS) is 13.1. The summed E-state index contributed by atoms with van der Waals surface area (Å²) in [6.07, 6.45) is 0. The van der Waals surface area contributed by atoms with E-state index in [0.717, 1.165) is 11.3 Å². The van der Waals surface area contributed by atoms with Crippen molar-refractivity contribution in [3.8, 4) is 6.07 Å². The first-order valence-electron chi connectivity index (χ1n) is 8.46. The highest BCUT2D eigenvalue weighted by Gasteiger charge is 2.29. The standard InChI is InChI=1S/C19H28N4O2/c1-12(2)18(25)22-15-8-7-14(5)16(9-15)21-10-17(24)23-19(6,11-20)13(3)4/h7-9,12-13,21H,10H2,1-6H3,(H,22,25)(H,23,24). The smallest absolute Gasteiger partial charge is 0.240 e. The van der Waals surface area contributed by atoms with E-state index in [0.29, 0.717) is 5.69 Å². The molecule has 6 heteroatoms. The Bertz CT molecular complexity index is 676. The second kappa shape index (κ2) is 8.52. The van der Waals surface area contributed by atoms with Gasteiger partial charge in [-0.2, -0.15) is 5.26 Å². The van der Waals surface area contributed by atoms with E-state index in [-0.39, 0.29) is 30.2 Å². The van der Waals surface area contributed by atoms with E-state index >= 15 is 0 Å². The Morgan fingerprint density at radius 3 is 2.40 bits per heavy atom. The summed E-state index contributed by atoms with van der Waals surface area (Å²) in [5.41, 5.74) is 1.50. The predicted molar refractivity (Wildman–Crippen MR) is 100 cm³/mol. The fourth-order valence-electron chi connectivity index (χ4n) is 1.99. The molecule has 0 bridgehead atoms. The molecule has 0 aromatic heterocycles. The molecule has 1 atom stereocenters. The number of anilines is 2. The Hall–Kier alpha value is -2.55. The lowest BCUT2D eigenvalue weighted by Crippen LogP contribution is -2.50. The minimum atomic E-state index is -0.902. The lowest BCUT2D eigenvalue weighted by Gasteiger charge is -2.27. The second-order valence-electron chi connectivity index (χ2n) is 7.04. The van der Waals surface area contributed by atoms with Crippen LogP contribution in [-0.4, -0.2) is 23.9 Å². The van der Waals surface area contributed by atoms with Gasteiger partial charge in [0, 0.05) is 17.3 Å². The largest absolute Gasteiger partial charge is 0.376 e. The number of aryl methyl sites for hydroxylation is 1. The molecule has 0 fully saturated rings. The van der Waals surface area contributed by atoms with Crippen molar-refractivity contribution in [1.29, 1.82) is 5.26 Å². The van der Waals surface area contributed by atoms with Crippen LogP contribution in [-0.2, 0) is 9.59 Å². The van der Waals surface area contributed by atoms with E-state index in [4.69, 9.17) is 0 Å². The molecule has 1 unspecified atom stereocenters. The van der Waals surface area contributed by atoms with E-state index in [9.17, 15) is 14.9 Å². The Kier molecular flexibility index (Phi) is 6.98. The highest BCUT2D eigenvalue weighted by molar-refractivity contribution is 5.92. The Morgan fingerprint density at radius 1 is 1.24 bits per heavy atom. The molecular formula is C19H28N4O2. The molecule has 0 saturated carbocycles. The van der Waals surface area contributed by atoms with Crippen LogP contribution in [0.4, 0.5) is 11.4 Å². The molecule has 0 aliphatic heterocycles. The molecule has 3 N–H and O–H groups in total. The summed E-state index contributed by atoms with van der Waals surface area (Å²) in [5.74, 6) is -0.427. The van der Waals surface area contributed by atoms with Crippen LogP contribution in [0.25, 0.3) is 0 Å². The molecule has 6 nitrogen and oxygen atoms in total. The molecular weight excluding hydrogens is 316 g/mol. The van der Waals surface area contributed by atoms with Gasteiger partial charge in [0.25, 0.3) is 0 Å². The number of carbonyl (C=O) groups is 2. The number of hydrogen-bond donors (Lipinski definition) is 3. The van der Waals surface area contributed by atoms with Gasteiger partial charge < -0.3 is 16.0 Å². The zero-order valence-electron chi connectivity index (χ0n) is 15.9. The van der Waals surface area contributed by atoms with Crippen molar-refractivity contribution in [1.82, 2.24) is 5.32 Å². The van der Waals surface area contributed by atoms with Crippen LogP contribution in [0, 0.1) is 30.1 Å². The molecule has 1 rings (SSSR count). The van der Waals surface area contributed by atoms with E-state index < -0.39 is 5.54 Å². The molecule has 0 heterocycles. The summed E-state index contributed by atoms with van der Waals surface area (Å²) in [7, 11) is 0. The van der Waals surface area contributed by atoms with Crippen molar-refractivity contribution >= 4 is 23.2 Å². The number of hydrogen-bond acceptors (Lipinski definition) is 4. The van der Waals surface area contributed by atoms with Crippen molar-refractivity contribution in [3.63, 3.8) is 0 Å². The van der Waals surface area contributed by atoms with Gasteiger partial charge in [0.15, 0.2) is 0 Å². The summed E-state index contributed by atoms with van der Waals surface area (Å²) >= 11 is 0. The van der Waals surface area contributed by atoms with Gasteiger partial charge in [-0.1, -0.05) is 33.8 Å². The third-order valence-corrected chi connectivity index (χ3v) is 4.25. The molecule has 2 amide bonds. The van der Waals surface area contributed by atoms with Crippen molar-refractivity contribution in [2.24, 2.45) is 11.8 Å². The summed E-state index contributed by atoms with van der Waals surface area (Å²) in [6, 6.07) is 7.66. The Morgan fingerprint density at radius 2 is 1.88 bits per heavy atom. The maximum Gasteiger partial charge on any atom is 0.240 e. The highest BCUT2D eigenvalue weighted by Crippen LogP contribution is 2.21. The van der Waals surface area contributed by atoms with E-state index in [1.807, 2.05) is 46.8 Å². The molecule has 0 radical (unpaired) electrons. The average Bonchev–Trinajstić information content (AvgIpc) is 2.54. The summed E-state index contributed by atoms with van der Waals surface area (Å²) in [5, 5.41) is 17.9. The minimum Gasteiger partial charge on any atom is -0.376 e. The number of nitrogens with zero attached hydrogens (tertiary/aromatic N) is 1. The number of carbonyl (C=O) groups excluding carboxylic acids is 2. The quantitative estimate of drug-likeness (QED) is 0.708. The molecule has 1 aromatic carbocycles. The van der Waals surface area contributed by atoms with E-state index in [1.165, 1.54) is 0 Å². The number of rotatable bonds is 7. The fraction of sp³-hybridized carbons (Fsp3) is 0.526. The molecule has 136 valence electrons. The molecule has 1 aromatic rings. The first kappa shape index (κ1) is 20.5. The number of nitrogens with one attached hydrogen (secondary N) is 3. The predicted octanol–water partition coefficient (Wildman–Crippen LogP) is 3.06. The lowest BCUT2D eigenvalue weighted by molar-refractivity contribution is -0.121. The van der Waals surface area contributed by atoms with E-state index in [1.54, 1.807) is 13.0 Å². The fourth-order valence-corrected chi connectivity index (χ4v) is 1.99. The van der Waals surface area contributed by atoms with Crippen LogP contribution in [0.15, 0.2) is 18.2 Å². The van der Waals surface area contributed by atoms with Crippen LogP contribution < -0.4 is 16.0 Å². The summed E-state index contributed by atoms with van der Waals surface area (Å²) in [6.45, 7) is 11.1. The molecule has 0 aliphatic carbocycles. The molecule has 0 aliphatic rings. The van der Waals surface area contributed by atoms with Crippen LogP contribution in [0.1, 0.15) is 40.2 Å². The van der Waals surface area contributed by atoms with Gasteiger partial charge in [0.2, 0.25) is 11.8 Å². The van der Waals surface area contributed by atoms with Gasteiger partial charge in [-0.05, 0) is 37.5 Å². The van der Waals surface area contributed by atoms with Gasteiger partial charge in [0.1, 0.15) is 5.54 Å². The monoisotopic (exact) mass is 344 g/mol. The zero-order valence-corrected chi connectivity index (χ0v) is 15.9. The molecule has 0 spiro atoms. The van der Waals surface area contributed by atoms with Gasteiger partial charge in [-0.15, -0.1) is 0 Å². The van der Waals surface area contributed by atoms with Crippen LogP contribution in [0.5, 0.6) is 0 Å². The van der Waals surface area contributed by atoms with Gasteiger partial charge in [-0.3, -0.25) is 9.59 Å².